The fourth-order valence-electron chi connectivity index (χ4n) is 1.32. The molecule has 0 fully saturated rings. The fraction of sp³-hybridized carbons (Fsp3) is 0.0909. The third-order valence-electron chi connectivity index (χ3n) is 2.15. The molecule has 4 nitrogen and oxygen atoms in total. The highest BCUT2D eigenvalue weighted by Crippen LogP contribution is 2.21. The number of amides is 1. The number of nitrogens with one attached hydrogen (secondary N) is 1. The highest BCUT2D eigenvalue weighted by atomic mass is 35.5. The lowest BCUT2D eigenvalue weighted by Gasteiger charge is -2.05. The maximum Gasteiger partial charge on any atom is 0.253 e. The van der Waals surface area contributed by atoms with Crippen molar-refractivity contribution in [3.63, 3.8) is 0 Å². The first kappa shape index (κ1) is 11.9. The van der Waals surface area contributed by atoms with Crippen LogP contribution in [0.3, 0.4) is 0 Å². The van der Waals surface area contributed by atoms with Crippen LogP contribution in [-0.2, 0) is 6.54 Å². The predicted octanol–water partition coefficient (Wildman–Crippen LogP) is 2.31. The van der Waals surface area contributed by atoms with E-state index in [-0.39, 0.29) is 5.91 Å². The Kier molecular flexibility index (Phi) is 3.61. The van der Waals surface area contributed by atoms with E-state index in [1.165, 1.54) is 23.7 Å². The molecule has 0 atom stereocenters. The number of anilines is 1. The normalized spacial score (nSPS) is 10.2. The topological polar surface area (TPSA) is 68.0 Å². The van der Waals surface area contributed by atoms with Gasteiger partial charge >= 0.3 is 0 Å². The molecular formula is C11H10ClN3OS. The van der Waals surface area contributed by atoms with Crippen LogP contribution in [0.5, 0.6) is 0 Å². The molecule has 0 unspecified atom stereocenters. The molecule has 88 valence electrons. The zero-order valence-corrected chi connectivity index (χ0v) is 10.4. The van der Waals surface area contributed by atoms with E-state index >= 15 is 0 Å². The summed E-state index contributed by atoms with van der Waals surface area (Å²) in [5.41, 5.74) is 6.46. The van der Waals surface area contributed by atoms with Gasteiger partial charge in [0.05, 0.1) is 28.3 Å². The number of hydrogen-bond acceptors (Lipinski definition) is 4. The van der Waals surface area contributed by atoms with Gasteiger partial charge in [0.25, 0.3) is 5.91 Å². The molecule has 1 amide bonds. The summed E-state index contributed by atoms with van der Waals surface area (Å²) in [6.07, 6.45) is 2.99. The van der Waals surface area contributed by atoms with Gasteiger partial charge < -0.3 is 11.1 Å². The van der Waals surface area contributed by atoms with E-state index in [0.29, 0.717) is 22.1 Å². The van der Waals surface area contributed by atoms with Gasteiger partial charge in [0.2, 0.25) is 0 Å². The largest absolute Gasteiger partial charge is 0.397 e. The first-order valence-electron chi connectivity index (χ1n) is 4.88. The lowest BCUT2D eigenvalue weighted by molar-refractivity contribution is 0.0952. The molecule has 0 aromatic carbocycles. The summed E-state index contributed by atoms with van der Waals surface area (Å²) in [6.45, 7) is 0.442. The molecule has 2 heterocycles. The van der Waals surface area contributed by atoms with E-state index in [4.69, 9.17) is 17.3 Å². The summed E-state index contributed by atoms with van der Waals surface area (Å²) in [6, 6.07) is 5.27. The summed E-state index contributed by atoms with van der Waals surface area (Å²) in [4.78, 5) is 16.6. The van der Waals surface area contributed by atoms with Gasteiger partial charge in [-0.15, -0.1) is 11.3 Å². The Labute approximate surface area is 107 Å². The van der Waals surface area contributed by atoms with Crippen LogP contribution in [0.15, 0.2) is 30.6 Å². The molecule has 0 bridgehead atoms. The standard InChI is InChI=1S/C11H10ClN3OS/c12-10-2-1-7(17-10)5-15-11(16)8-3-4-14-6-9(8)13/h1-4,6H,5,13H2,(H,15,16). The molecule has 3 N–H and O–H groups in total. The number of thiophene rings is 1. The maximum absolute atomic E-state index is 11.8. The van der Waals surface area contributed by atoms with Crippen LogP contribution < -0.4 is 11.1 Å². The van der Waals surface area contributed by atoms with Crippen molar-refractivity contribution in [2.45, 2.75) is 6.54 Å². The van der Waals surface area contributed by atoms with Crippen LogP contribution in [0.4, 0.5) is 5.69 Å². The van der Waals surface area contributed by atoms with E-state index in [9.17, 15) is 4.79 Å². The second-order valence-corrected chi connectivity index (χ2v) is 5.15. The Balaban J connectivity index is 2.01. The van der Waals surface area contributed by atoms with Gasteiger partial charge in [0.1, 0.15) is 0 Å². The van der Waals surface area contributed by atoms with Gasteiger partial charge in [-0.05, 0) is 18.2 Å². The Morgan fingerprint density at radius 2 is 2.29 bits per heavy atom. The van der Waals surface area contributed by atoms with Crippen LogP contribution in [0.1, 0.15) is 15.2 Å². The number of pyridine rings is 1. The third-order valence-corrected chi connectivity index (χ3v) is 3.38. The van der Waals surface area contributed by atoms with E-state index in [0.717, 1.165) is 4.88 Å². The molecule has 0 spiro atoms. The zero-order valence-electron chi connectivity index (χ0n) is 8.81. The van der Waals surface area contributed by atoms with Crippen LogP contribution in [0, 0.1) is 0 Å². The number of nitrogen functional groups attached to an aromatic ring is 1. The lowest BCUT2D eigenvalue weighted by atomic mass is 10.2. The average molecular weight is 268 g/mol. The van der Waals surface area contributed by atoms with Crippen LogP contribution in [0.2, 0.25) is 4.34 Å². The Morgan fingerprint density at radius 3 is 2.94 bits per heavy atom. The second-order valence-electron chi connectivity index (χ2n) is 3.35. The molecule has 17 heavy (non-hydrogen) atoms. The number of hydrogen-bond donors (Lipinski definition) is 2. The molecular weight excluding hydrogens is 258 g/mol. The SMILES string of the molecule is Nc1cnccc1C(=O)NCc1ccc(Cl)s1. The van der Waals surface area contributed by atoms with Crippen LogP contribution in [-0.4, -0.2) is 10.9 Å². The van der Waals surface area contributed by atoms with Crippen molar-refractivity contribution < 1.29 is 4.79 Å². The number of rotatable bonds is 3. The Hall–Kier alpha value is -1.59. The number of nitrogens with two attached hydrogens (primary N) is 1. The van der Waals surface area contributed by atoms with Gasteiger partial charge in [-0.3, -0.25) is 9.78 Å². The number of carbonyl (C=O) groups excluding carboxylic acids is 1. The number of nitrogens with zero attached hydrogens (tertiary/aromatic N) is 1. The lowest BCUT2D eigenvalue weighted by Crippen LogP contribution is -2.23. The molecule has 0 saturated carbocycles. The number of halogens is 1. The molecule has 0 radical (unpaired) electrons. The Bertz CT molecular complexity index is 541. The minimum absolute atomic E-state index is 0.213. The molecule has 2 aromatic rings. The van der Waals surface area contributed by atoms with Crippen molar-refractivity contribution in [2.75, 3.05) is 5.73 Å². The van der Waals surface area contributed by atoms with Crippen LogP contribution >= 0.6 is 22.9 Å². The van der Waals surface area contributed by atoms with Crippen molar-refractivity contribution in [1.29, 1.82) is 0 Å². The summed E-state index contributed by atoms with van der Waals surface area (Å²) in [7, 11) is 0. The van der Waals surface area contributed by atoms with Gasteiger partial charge in [-0.25, -0.2) is 0 Å². The zero-order chi connectivity index (χ0) is 12.3. The monoisotopic (exact) mass is 267 g/mol. The molecule has 6 heteroatoms. The summed E-state index contributed by atoms with van der Waals surface area (Å²) in [5, 5.41) is 2.77. The van der Waals surface area contributed by atoms with Crippen molar-refractivity contribution in [3.05, 3.63) is 45.4 Å². The first-order valence-corrected chi connectivity index (χ1v) is 6.08. The minimum atomic E-state index is -0.213. The van der Waals surface area contributed by atoms with E-state index < -0.39 is 0 Å². The number of aromatic nitrogens is 1. The first-order chi connectivity index (χ1) is 8.16. The predicted molar refractivity (Wildman–Crippen MR) is 69.1 cm³/mol. The summed E-state index contributed by atoms with van der Waals surface area (Å²) in [5.74, 6) is -0.213. The third kappa shape index (κ3) is 2.95. The molecule has 2 rings (SSSR count). The van der Waals surface area contributed by atoms with Crippen molar-refractivity contribution >= 4 is 34.5 Å². The highest BCUT2D eigenvalue weighted by Gasteiger charge is 2.09. The summed E-state index contributed by atoms with van der Waals surface area (Å²) < 4.78 is 0.706. The molecule has 0 saturated heterocycles. The summed E-state index contributed by atoms with van der Waals surface area (Å²) >= 11 is 7.23. The van der Waals surface area contributed by atoms with Gasteiger partial charge in [-0.2, -0.15) is 0 Å². The van der Waals surface area contributed by atoms with Crippen molar-refractivity contribution in [1.82, 2.24) is 10.3 Å². The Morgan fingerprint density at radius 1 is 1.47 bits per heavy atom. The molecule has 0 aliphatic rings. The maximum atomic E-state index is 11.8. The smallest absolute Gasteiger partial charge is 0.253 e. The second kappa shape index (κ2) is 5.16. The number of carbonyl (C=O) groups is 1. The van der Waals surface area contributed by atoms with E-state index in [2.05, 4.69) is 10.3 Å². The van der Waals surface area contributed by atoms with E-state index in [1.54, 1.807) is 12.1 Å². The van der Waals surface area contributed by atoms with Crippen LogP contribution in [0.25, 0.3) is 0 Å². The van der Waals surface area contributed by atoms with Crippen molar-refractivity contribution in [2.24, 2.45) is 0 Å². The quantitative estimate of drug-likeness (QED) is 0.897. The molecule has 0 aliphatic carbocycles. The molecule has 0 aliphatic heterocycles. The van der Waals surface area contributed by atoms with E-state index in [1.807, 2.05) is 6.07 Å². The highest BCUT2D eigenvalue weighted by molar-refractivity contribution is 7.16. The molecule has 2 aromatic heterocycles. The fourth-order valence-corrected chi connectivity index (χ4v) is 2.35. The van der Waals surface area contributed by atoms with Gasteiger partial charge in [0, 0.05) is 11.1 Å². The average Bonchev–Trinajstić information content (AvgIpc) is 2.73. The van der Waals surface area contributed by atoms with Gasteiger partial charge in [-0.1, -0.05) is 11.6 Å². The van der Waals surface area contributed by atoms with Crippen molar-refractivity contribution in [3.8, 4) is 0 Å². The minimum Gasteiger partial charge on any atom is -0.397 e. The van der Waals surface area contributed by atoms with Gasteiger partial charge in [0.15, 0.2) is 0 Å².